The lowest BCUT2D eigenvalue weighted by atomic mass is 10.1. The largest absolute Gasteiger partial charge is 0.449 e. The van der Waals surface area contributed by atoms with E-state index in [9.17, 15) is 4.79 Å². The molecule has 0 bridgehead atoms. The molecule has 122 valence electrons. The second-order valence-corrected chi connectivity index (χ2v) is 6.23. The van der Waals surface area contributed by atoms with Gasteiger partial charge in [0.2, 0.25) is 0 Å². The van der Waals surface area contributed by atoms with Crippen molar-refractivity contribution in [3.63, 3.8) is 0 Å². The Kier molecular flexibility index (Phi) is 6.25. The van der Waals surface area contributed by atoms with E-state index in [1.807, 2.05) is 11.0 Å². The first-order valence-electron chi connectivity index (χ1n) is 8.33. The molecule has 1 fully saturated rings. The zero-order chi connectivity index (χ0) is 15.9. The van der Waals surface area contributed by atoms with Crippen LogP contribution < -0.4 is 0 Å². The highest BCUT2D eigenvalue weighted by atomic mass is 16.6. The van der Waals surface area contributed by atoms with Crippen LogP contribution in [-0.4, -0.2) is 47.7 Å². The third-order valence-electron chi connectivity index (χ3n) is 4.29. The Morgan fingerprint density at radius 2 is 1.82 bits per heavy atom. The lowest BCUT2D eigenvalue weighted by molar-refractivity contribution is 0.0229. The van der Waals surface area contributed by atoms with Gasteiger partial charge in [-0.05, 0) is 25.8 Å². The first kappa shape index (κ1) is 16.8. The molecule has 1 heterocycles. The van der Waals surface area contributed by atoms with Crippen LogP contribution in [0.2, 0.25) is 0 Å². The molecule has 0 saturated carbocycles. The number of benzene rings is 1. The topological polar surface area (TPSA) is 32.8 Å². The van der Waals surface area contributed by atoms with Gasteiger partial charge >= 0.3 is 6.09 Å². The summed E-state index contributed by atoms with van der Waals surface area (Å²) in [6, 6.07) is 11.2. The SMILES string of the molecule is CCCCOC(=O)N1CC(C)N(Cc2ccccc2)C(C)C1. The van der Waals surface area contributed by atoms with Crippen molar-refractivity contribution < 1.29 is 9.53 Å². The van der Waals surface area contributed by atoms with E-state index in [0.29, 0.717) is 18.7 Å². The van der Waals surface area contributed by atoms with Crippen molar-refractivity contribution in [3.8, 4) is 0 Å². The molecule has 1 aromatic carbocycles. The molecule has 22 heavy (non-hydrogen) atoms. The lowest BCUT2D eigenvalue weighted by Gasteiger charge is -2.44. The average molecular weight is 304 g/mol. The first-order chi connectivity index (χ1) is 10.6. The van der Waals surface area contributed by atoms with Crippen molar-refractivity contribution in [2.45, 2.75) is 52.2 Å². The van der Waals surface area contributed by atoms with Crippen LogP contribution in [0.1, 0.15) is 39.2 Å². The van der Waals surface area contributed by atoms with Crippen molar-refractivity contribution >= 4 is 6.09 Å². The van der Waals surface area contributed by atoms with Gasteiger partial charge in [-0.25, -0.2) is 4.79 Å². The number of piperazine rings is 1. The molecule has 0 radical (unpaired) electrons. The third-order valence-corrected chi connectivity index (χ3v) is 4.29. The number of carbonyl (C=O) groups is 1. The van der Waals surface area contributed by atoms with Crippen LogP contribution in [0.15, 0.2) is 30.3 Å². The van der Waals surface area contributed by atoms with Crippen molar-refractivity contribution in [2.24, 2.45) is 0 Å². The highest BCUT2D eigenvalue weighted by Gasteiger charge is 2.32. The minimum absolute atomic E-state index is 0.161. The zero-order valence-corrected chi connectivity index (χ0v) is 14.0. The summed E-state index contributed by atoms with van der Waals surface area (Å²) in [7, 11) is 0. The van der Waals surface area contributed by atoms with Crippen LogP contribution in [0.3, 0.4) is 0 Å². The zero-order valence-electron chi connectivity index (χ0n) is 14.0. The normalized spacial score (nSPS) is 22.6. The van der Waals surface area contributed by atoms with Gasteiger partial charge in [0.25, 0.3) is 0 Å². The molecule has 1 amide bonds. The molecule has 4 heteroatoms. The molecule has 1 aliphatic rings. The summed E-state index contributed by atoms with van der Waals surface area (Å²) in [6.45, 7) is 9.41. The van der Waals surface area contributed by atoms with E-state index < -0.39 is 0 Å². The predicted octanol–water partition coefficient (Wildman–Crippen LogP) is 3.52. The summed E-state index contributed by atoms with van der Waals surface area (Å²) in [6.07, 6.45) is 1.82. The minimum Gasteiger partial charge on any atom is -0.449 e. The van der Waals surface area contributed by atoms with E-state index in [2.05, 4.69) is 49.9 Å². The van der Waals surface area contributed by atoms with E-state index in [0.717, 1.165) is 32.5 Å². The molecule has 4 nitrogen and oxygen atoms in total. The fraction of sp³-hybridized carbons (Fsp3) is 0.611. The van der Waals surface area contributed by atoms with Gasteiger partial charge in [0.15, 0.2) is 0 Å². The molecule has 0 aromatic heterocycles. The molecule has 0 N–H and O–H groups in total. The van der Waals surface area contributed by atoms with Gasteiger partial charge in [-0.1, -0.05) is 43.7 Å². The molecule has 2 unspecified atom stereocenters. The van der Waals surface area contributed by atoms with Crippen molar-refractivity contribution in [3.05, 3.63) is 35.9 Å². The number of ether oxygens (including phenoxy) is 1. The second kappa shape index (κ2) is 8.18. The van der Waals surface area contributed by atoms with E-state index in [4.69, 9.17) is 4.74 Å². The first-order valence-corrected chi connectivity index (χ1v) is 8.33. The maximum atomic E-state index is 12.1. The van der Waals surface area contributed by atoms with Gasteiger partial charge in [-0.3, -0.25) is 4.90 Å². The third kappa shape index (κ3) is 4.47. The number of unbranched alkanes of at least 4 members (excludes halogenated alkanes) is 1. The molecule has 0 spiro atoms. The second-order valence-electron chi connectivity index (χ2n) is 6.23. The number of rotatable bonds is 5. The van der Waals surface area contributed by atoms with E-state index >= 15 is 0 Å². The highest BCUT2D eigenvalue weighted by molar-refractivity contribution is 5.67. The maximum absolute atomic E-state index is 12.1. The van der Waals surface area contributed by atoms with Crippen LogP contribution in [0.5, 0.6) is 0 Å². The Morgan fingerprint density at radius 3 is 2.41 bits per heavy atom. The smallest absolute Gasteiger partial charge is 0.409 e. The number of hydrogen-bond donors (Lipinski definition) is 0. The molecule has 0 aliphatic carbocycles. The van der Waals surface area contributed by atoms with Gasteiger partial charge in [0, 0.05) is 31.7 Å². The van der Waals surface area contributed by atoms with Crippen LogP contribution in [0.25, 0.3) is 0 Å². The molecule has 2 atom stereocenters. The van der Waals surface area contributed by atoms with Crippen molar-refractivity contribution in [2.75, 3.05) is 19.7 Å². The molecule has 1 aliphatic heterocycles. The number of carbonyl (C=O) groups excluding carboxylic acids is 1. The number of amides is 1. The summed E-state index contributed by atoms with van der Waals surface area (Å²) in [5.41, 5.74) is 1.32. The Morgan fingerprint density at radius 1 is 1.18 bits per heavy atom. The summed E-state index contributed by atoms with van der Waals surface area (Å²) < 4.78 is 5.34. The number of nitrogens with zero attached hydrogens (tertiary/aromatic N) is 2. The molecular weight excluding hydrogens is 276 g/mol. The van der Waals surface area contributed by atoms with Gasteiger partial charge in [-0.2, -0.15) is 0 Å². The van der Waals surface area contributed by atoms with Crippen LogP contribution >= 0.6 is 0 Å². The molecule has 2 rings (SSSR count). The Bertz CT molecular complexity index is 451. The van der Waals surface area contributed by atoms with Gasteiger partial charge in [-0.15, -0.1) is 0 Å². The maximum Gasteiger partial charge on any atom is 0.409 e. The fourth-order valence-corrected chi connectivity index (χ4v) is 3.01. The minimum atomic E-state index is -0.161. The van der Waals surface area contributed by atoms with Crippen LogP contribution in [0, 0.1) is 0 Å². The number of hydrogen-bond acceptors (Lipinski definition) is 3. The molecular formula is C18H28N2O2. The molecule has 1 aromatic rings. The van der Waals surface area contributed by atoms with E-state index in [1.54, 1.807) is 0 Å². The van der Waals surface area contributed by atoms with Crippen molar-refractivity contribution in [1.29, 1.82) is 0 Å². The quantitative estimate of drug-likeness (QED) is 0.780. The predicted molar refractivity (Wildman–Crippen MR) is 88.7 cm³/mol. The summed E-state index contributed by atoms with van der Waals surface area (Å²) in [4.78, 5) is 16.4. The molecule has 1 saturated heterocycles. The van der Waals surface area contributed by atoms with Gasteiger partial charge in [0.1, 0.15) is 0 Å². The standard InChI is InChI=1S/C18H28N2O2/c1-4-5-11-22-18(21)19-12-15(2)20(16(3)13-19)14-17-9-7-6-8-10-17/h6-10,15-16H,4-5,11-14H2,1-3H3. The van der Waals surface area contributed by atoms with E-state index in [-0.39, 0.29) is 6.09 Å². The summed E-state index contributed by atoms with van der Waals surface area (Å²) >= 11 is 0. The lowest BCUT2D eigenvalue weighted by Crippen LogP contribution is -2.57. The van der Waals surface area contributed by atoms with E-state index in [1.165, 1.54) is 5.56 Å². The van der Waals surface area contributed by atoms with Crippen LogP contribution in [0.4, 0.5) is 4.79 Å². The monoisotopic (exact) mass is 304 g/mol. The Hall–Kier alpha value is -1.55. The Labute approximate surface area is 134 Å². The fourth-order valence-electron chi connectivity index (χ4n) is 3.01. The summed E-state index contributed by atoms with van der Waals surface area (Å²) in [5.74, 6) is 0. The van der Waals surface area contributed by atoms with Crippen molar-refractivity contribution in [1.82, 2.24) is 9.80 Å². The van der Waals surface area contributed by atoms with Gasteiger partial charge in [0.05, 0.1) is 6.61 Å². The Balaban J connectivity index is 1.90. The summed E-state index contributed by atoms with van der Waals surface area (Å²) in [5, 5.41) is 0. The van der Waals surface area contributed by atoms with Gasteiger partial charge < -0.3 is 9.64 Å². The highest BCUT2D eigenvalue weighted by Crippen LogP contribution is 2.19. The average Bonchev–Trinajstić information content (AvgIpc) is 2.52. The van der Waals surface area contributed by atoms with Crippen LogP contribution in [-0.2, 0) is 11.3 Å².